The number of hydrogen-bond acceptors (Lipinski definition) is 4. The molecule has 0 aliphatic carbocycles. The molecule has 1 heterocycles. The monoisotopic (exact) mass is 490 g/mol. The fourth-order valence-electron chi connectivity index (χ4n) is 2.88. The van der Waals surface area contributed by atoms with Crippen molar-refractivity contribution in [2.75, 3.05) is 52.5 Å². The molecular weight excluding hydrogens is 455 g/mol. The molecular formula is C20H35IN4O2. The zero-order valence-corrected chi connectivity index (χ0v) is 19.2. The summed E-state index contributed by atoms with van der Waals surface area (Å²) in [6.45, 7) is 13.2. The Bertz CT molecular complexity index is 551. The molecule has 2 rings (SSSR count). The van der Waals surface area contributed by atoms with Crippen LogP contribution in [0.4, 0.5) is 0 Å². The van der Waals surface area contributed by atoms with Gasteiger partial charge >= 0.3 is 0 Å². The number of para-hydroxylation sites is 1. The first-order valence-corrected chi connectivity index (χ1v) is 9.73. The number of rotatable bonds is 9. The van der Waals surface area contributed by atoms with Crippen LogP contribution in [-0.4, -0.2) is 69.4 Å². The van der Waals surface area contributed by atoms with Crippen molar-refractivity contribution < 1.29 is 9.47 Å². The first-order valence-electron chi connectivity index (χ1n) is 9.73. The number of aliphatic imine (C=N–C) groups is 1. The molecule has 0 amide bonds. The van der Waals surface area contributed by atoms with Crippen molar-refractivity contribution in [1.29, 1.82) is 0 Å². The van der Waals surface area contributed by atoms with Crippen LogP contribution in [0.25, 0.3) is 0 Å². The summed E-state index contributed by atoms with van der Waals surface area (Å²) in [6.07, 6.45) is 0.928. The van der Waals surface area contributed by atoms with Crippen LogP contribution >= 0.6 is 24.0 Å². The summed E-state index contributed by atoms with van der Waals surface area (Å²) < 4.78 is 11.3. The summed E-state index contributed by atoms with van der Waals surface area (Å²) in [6, 6.07) is 8.55. The lowest BCUT2D eigenvalue weighted by atomic mass is 10.2. The summed E-state index contributed by atoms with van der Waals surface area (Å²) in [5, 5.41) is 6.71. The van der Waals surface area contributed by atoms with E-state index in [1.54, 1.807) is 0 Å². The van der Waals surface area contributed by atoms with Gasteiger partial charge in [-0.05, 0) is 38.8 Å². The fraction of sp³-hybridized carbons (Fsp3) is 0.650. The molecule has 7 heteroatoms. The number of nitrogens with zero attached hydrogens (tertiary/aromatic N) is 2. The number of halogens is 1. The molecule has 0 bridgehead atoms. The van der Waals surface area contributed by atoms with Crippen molar-refractivity contribution in [2.24, 2.45) is 4.99 Å². The van der Waals surface area contributed by atoms with Crippen molar-refractivity contribution in [3.05, 3.63) is 29.8 Å². The van der Waals surface area contributed by atoms with Gasteiger partial charge in [0.15, 0.2) is 5.96 Å². The molecule has 1 atom stereocenters. The van der Waals surface area contributed by atoms with Gasteiger partial charge in [-0.25, -0.2) is 0 Å². The number of ether oxygens (including phenoxy) is 2. The van der Waals surface area contributed by atoms with Crippen molar-refractivity contribution in [1.82, 2.24) is 15.5 Å². The lowest BCUT2D eigenvalue weighted by molar-refractivity contribution is 0.0220. The van der Waals surface area contributed by atoms with Crippen molar-refractivity contribution in [3.8, 4) is 5.75 Å². The average Bonchev–Trinajstić information content (AvgIpc) is 2.67. The van der Waals surface area contributed by atoms with E-state index in [0.29, 0.717) is 12.6 Å². The molecule has 1 saturated heterocycles. The van der Waals surface area contributed by atoms with Crippen LogP contribution in [0.3, 0.4) is 0 Å². The van der Waals surface area contributed by atoms with E-state index in [0.717, 1.165) is 64.1 Å². The zero-order valence-electron chi connectivity index (χ0n) is 16.9. The Labute approximate surface area is 181 Å². The number of guanidine groups is 1. The SMILES string of the molecule is CCNC(=NCC(C)N1CCOCC1)NCCCOc1ccccc1C.I. The van der Waals surface area contributed by atoms with Gasteiger partial charge in [-0.15, -0.1) is 24.0 Å². The van der Waals surface area contributed by atoms with Gasteiger partial charge in [-0.3, -0.25) is 9.89 Å². The van der Waals surface area contributed by atoms with E-state index in [4.69, 9.17) is 14.5 Å². The summed E-state index contributed by atoms with van der Waals surface area (Å²) in [5.74, 6) is 1.84. The van der Waals surface area contributed by atoms with Gasteiger partial charge in [0, 0.05) is 32.2 Å². The molecule has 2 N–H and O–H groups in total. The maximum atomic E-state index is 5.84. The molecule has 1 aromatic carbocycles. The smallest absolute Gasteiger partial charge is 0.191 e. The Morgan fingerprint density at radius 2 is 2.00 bits per heavy atom. The van der Waals surface area contributed by atoms with Crippen LogP contribution in [-0.2, 0) is 4.74 Å². The highest BCUT2D eigenvalue weighted by molar-refractivity contribution is 14.0. The normalized spacial score (nSPS) is 16.3. The van der Waals surface area contributed by atoms with Gasteiger partial charge < -0.3 is 20.1 Å². The quantitative estimate of drug-likeness (QED) is 0.241. The second-order valence-corrected chi connectivity index (χ2v) is 6.61. The third-order valence-corrected chi connectivity index (χ3v) is 4.49. The molecule has 0 radical (unpaired) electrons. The second kappa shape index (κ2) is 14.0. The Kier molecular flexibility index (Phi) is 12.4. The van der Waals surface area contributed by atoms with Crippen LogP contribution in [0, 0.1) is 6.92 Å². The third kappa shape index (κ3) is 9.12. The zero-order chi connectivity index (χ0) is 18.6. The molecule has 154 valence electrons. The Balaban J connectivity index is 0.00000364. The van der Waals surface area contributed by atoms with E-state index in [-0.39, 0.29) is 24.0 Å². The van der Waals surface area contributed by atoms with E-state index in [9.17, 15) is 0 Å². The van der Waals surface area contributed by atoms with Gasteiger partial charge in [-0.2, -0.15) is 0 Å². The highest BCUT2D eigenvalue weighted by Gasteiger charge is 2.16. The maximum Gasteiger partial charge on any atom is 0.191 e. The summed E-state index contributed by atoms with van der Waals surface area (Å²) >= 11 is 0. The molecule has 1 aromatic rings. The van der Waals surface area contributed by atoms with E-state index in [1.165, 1.54) is 5.56 Å². The van der Waals surface area contributed by atoms with Crippen molar-refractivity contribution in [3.63, 3.8) is 0 Å². The predicted molar refractivity (Wildman–Crippen MR) is 123 cm³/mol. The first kappa shape index (κ1) is 24.0. The van der Waals surface area contributed by atoms with Gasteiger partial charge in [0.2, 0.25) is 0 Å². The topological polar surface area (TPSA) is 58.1 Å². The Hall–Kier alpha value is -1.06. The maximum absolute atomic E-state index is 5.84. The van der Waals surface area contributed by atoms with E-state index in [2.05, 4.69) is 42.4 Å². The van der Waals surface area contributed by atoms with E-state index in [1.807, 2.05) is 18.2 Å². The molecule has 6 nitrogen and oxygen atoms in total. The second-order valence-electron chi connectivity index (χ2n) is 6.61. The minimum atomic E-state index is 0. The Morgan fingerprint density at radius 1 is 1.26 bits per heavy atom. The van der Waals surface area contributed by atoms with Crippen LogP contribution < -0.4 is 15.4 Å². The molecule has 0 spiro atoms. The standard InChI is InChI=1S/C20H34N4O2.HI/c1-4-21-20(23-16-18(3)24-11-14-25-15-12-24)22-10-7-13-26-19-9-6-5-8-17(19)2;/h5-6,8-9,18H,4,7,10-16H2,1-3H3,(H2,21,22,23);1H. The van der Waals surface area contributed by atoms with Crippen LogP contribution in [0.1, 0.15) is 25.8 Å². The first-order chi connectivity index (χ1) is 12.7. The van der Waals surface area contributed by atoms with Crippen LogP contribution in [0.15, 0.2) is 29.3 Å². The number of hydrogen-bond donors (Lipinski definition) is 2. The molecule has 27 heavy (non-hydrogen) atoms. The Morgan fingerprint density at radius 3 is 2.70 bits per heavy atom. The van der Waals surface area contributed by atoms with Crippen LogP contribution in [0.2, 0.25) is 0 Å². The van der Waals surface area contributed by atoms with Gasteiger partial charge in [0.1, 0.15) is 5.75 Å². The molecule has 1 aliphatic rings. The minimum absolute atomic E-state index is 0. The molecule has 1 unspecified atom stereocenters. The highest BCUT2D eigenvalue weighted by atomic mass is 127. The largest absolute Gasteiger partial charge is 0.493 e. The summed E-state index contributed by atoms with van der Waals surface area (Å²) in [7, 11) is 0. The number of benzene rings is 1. The molecule has 1 aliphatic heterocycles. The van der Waals surface area contributed by atoms with Crippen molar-refractivity contribution >= 4 is 29.9 Å². The average molecular weight is 490 g/mol. The molecule has 0 saturated carbocycles. The summed E-state index contributed by atoms with van der Waals surface area (Å²) in [4.78, 5) is 7.17. The van der Waals surface area contributed by atoms with Crippen LogP contribution in [0.5, 0.6) is 5.75 Å². The van der Waals surface area contributed by atoms with E-state index < -0.39 is 0 Å². The summed E-state index contributed by atoms with van der Waals surface area (Å²) in [5.41, 5.74) is 1.17. The lowest BCUT2D eigenvalue weighted by Crippen LogP contribution is -2.44. The van der Waals surface area contributed by atoms with Gasteiger partial charge in [-0.1, -0.05) is 18.2 Å². The van der Waals surface area contributed by atoms with Gasteiger partial charge in [0.25, 0.3) is 0 Å². The minimum Gasteiger partial charge on any atom is -0.493 e. The lowest BCUT2D eigenvalue weighted by Gasteiger charge is -2.31. The van der Waals surface area contributed by atoms with E-state index >= 15 is 0 Å². The highest BCUT2D eigenvalue weighted by Crippen LogP contribution is 2.15. The number of morpholine rings is 1. The molecule has 1 fully saturated rings. The third-order valence-electron chi connectivity index (χ3n) is 4.49. The van der Waals surface area contributed by atoms with Crippen molar-refractivity contribution in [2.45, 2.75) is 33.2 Å². The fourth-order valence-corrected chi connectivity index (χ4v) is 2.88. The number of aryl methyl sites for hydroxylation is 1. The van der Waals surface area contributed by atoms with Gasteiger partial charge in [0.05, 0.1) is 26.4 Å². The number of nitrogens with one attached hydrogen (secondary N) is 2. The predicted octanol–water partition coefficient (Wildman–Crippen LogP) is 2.66. The molecule has 0 aromatic heterocycles.